The summed E-state index contributed by atoms with van der Waals surface area (Å²) in [5, 5.41) is 22.2. The fraction of sp³-hybridized carbons (Fsp3) is 0.607. The lowest BCUT2D eigenvalue weighted by molar-refractivity contribution is -0.172. The highest BCUT2D eigenvalue weighted by molar-refractivity contribution is 5.82. The van der Waals surface area contributed by atoms with E-state index in [1.165, 1.54) is 13.8 Å². The lowest BCUT2D eigenvalue weighted by Gasteiger charge is -2.58. The van der Waals surface area contributed by atoms with Crippen LogP contribution in [0.5, 0.6) is 5.75 Å². The van der Waals surface area contributed by atoms with E-state index >= 15 is 0 Å². The summed E-state index contributed by atoms with van der Waals surface area (Å²) in [6.45, 7) is 7.33. The number of aliphatic hydroxyl groups excluding tert-OH is 1. The molecule has 3 aliphatic rings. The standard InChI is InChI=1S/C25H34N2O7.C2HF3O.CH4/c1-13-6-7-17(12-28)20-19(13)24-10-11-27(5)16(4)25(24,31)9-8-18(21(24)34-20)33-23(30)15(3)32-22(29)14(2)26;3-2(4,5)1-6;/h6-8,14-16,21,28,31H,9-12,26H2,1-5H3;1H;1H4/t14-,15-,16+,21-,24-,25+;;/m0../s1. The fourth-order valence-electron chi connectivity index (χ4n) is 5.73. The highest BCUT2D eigenvalue weighted by Crippen LogP contribution is 2.61. The molecule has 0 amide bonds. The number of hydrogen-bond donors (Lipinski definition) is 3. The second-order valence-corrected chi connectivity index (χ2v) is 10.5. The summed E-state index contributed by atoms with van der Waals surface area (Å²) in [5.41, 5.74) is 5.86. The predicted molar refractivity (Wildman–Crippen MR) is 142 cm³/mol. The van der Waals surface area contributed by atoms with Crippen LogP contribution in [0.4, 0.5) is 13.2 Å². The Hall–Kier alpha value is -3.00. The molecule has 1 spiro atoms. The highest BCUT2D eigenvalue weighted by atomic mass is 19.4. The van der Waals surface area contributed by atoms with Crippen LogP contribution in [0.25, 0.3) is 0 Å². The van der Waals surface area contributed by atoms with Crippen molar-refractivity contribution in [1.29, 1.82) is 0 Å². The largest absolute Gasteiger partial charge is 0.481 e. The Morgan fingerprint density at radius 1 is 1.29 bits per heavy atom. The summed E-state index contributed by atoms with van der Waals surface area (Å²) in [6.07, 6.45) is -5.13. The molecule has 1 aromatic rings. The zero-order valence-electron chi connectivity index (χ0n) is 22.9. The number of aryl methyl sites for hydroxylation is 1. The molecule has 6 atom stereocenters. The Morgan fingerprint density at radius 2 is 1.90 bits per heavy atom. The number of rotatable bonds is 5. The summed E-state index contributed by atoms with van der Waals surface area (Å²) in [7, 11) is 1.98. The molecule has 41 heavy (non-hydrogen) atoms. The molecular weight excluding hydrogens is 549 g/mol. The van der Waals surface area contributed by atoms with Crippen LogP contribution in [0.15, 0.2) is 24.0 Å². The molecule has 0 aromatic heterocycles. The number of likely N-dealkylation sites (N-methyl/N-ethyl adjacent to an activating group) is 1. The number of halogens is 3. The van der Waals surface area contributed by atoms with Gasteiger partial charge >= 0.3 is 18.1 Å². The Morgan fingerprint density at radius 3 is 2.44 bits per heavy atom. The van der Waals surface area contributed by atoms with Crippen molar-refractivity contribution in [3.8, 4) is 5.75 Å². The van der Waals surface area contributed by atoms with Gasteiger partial charge in [0.05, 0.1) is 17.6 Å². The first kappa shape index (κ1) is 34.2. The van der Waals surface area contributed by atoms with Gasteiger partial charge in [0.2, 0.25) is 6.29 Å². The van der Waals surface area contributed by atoms with E-state index in [0.29, 0.717) is 24.3 Å². The zero-order valence-corrected chi connectivity index (χ0v) is 22.9. The maximum atomic E-state index is 12.8. The minimum atomic E-state index is -4.64. The second kappa shape index (κ2) is 12.5. The number of alkyl halides is 3. The van der Waals surface area contributed by atoms with Gasteiger partial charge in [-0.1, -0.05) is 19.6 Å². The van der Waals surface area contributed by atoms with E-state index in [-0.39, 0.29) is 32.3 Å². The van der Waals surface area contributed by atoms with Crippen LogP contribution in [0.1, 0.15) is 57.7 Å². The number of likely N-dealkylation sites (tertiary alicyclic amines) is 1. The van der Waals surface area contributed by atoms with E-state index in [1.54, 1.807) is 6.08 Å². The quantitative estimate of drug-likeness (QED) is 0.346. The van der Waals surface area contributed by atoms with Crippen molar-refractivity contribution < 1.29 is 52.0 Å². The van der Waals surface area contributed by atoms with Crippen molar-refractivity contribution in [3.05, 3.63) is 40.7 Å². The number of benzene rings is 1. The van der Waals surface area contributed by atoms with Gasteiger partial charge in [-0.05, 0) is 59.3 Å². The van der Waals surface area contributed by atoms with E-state index in [2.05, 4.69) is 4.90 Å². The number of aliphatic hydroxyl groups is 2. The van der Waals surface area contributed by atoms with Crippen LogP contribution in [-0.4, -0.2) is 83.0 Å². The van der Waals surface area contributed by atoms with Crippen molar-refractivity contribution in [2.45, 2.75) is 96.1 Å². The van der Waals surface area contributed by atoms with Crippen molar-refractivity contribution in [3.63, 3.8) is 0 Å². The maximum Gasteiger partial charge on any atom is 0.446 e. The normalized spacial score (nSPS) is 28.0. The molecule has 1 aliphatic carbocycles. The molecule has 0 bridgehead atoms. The van der Waals surface area contributed by atoms with Gasteiger partial charge in [-0.2, -0.15) is 13.2 Å². The molecule has 4 N–H and O–H groups in total. The van der Waals surface area contributed by atoms with Crippen molar-refractivity contribution in [2.24, 2.45) is 5.73 Å². The van der Waals surface area contributed by atoms with Crippen molar-refractivity contribution >= 4 is 18.2 Å². The Kier molecular flexibility index (Phi) is 10.4. The Balaban J connectivity index is 0.000000760. The van der Waals surface area contributed by atoms with Gasteiger partial charge in [0, 0.05) is 23.6 Å². The van der Waals surface area contributed by atoms with Gasteiger partial charge < -0.3 is 35.1 Å². The van der Waals surface area contributed by atoms with Gasteiger partial charge in [0.25, 0.3) is 0 Å². The molecule has 2 aliphatic heterocycles. The average molecular weight is 589 g/mol. The lowest BCUT2D eigenvalue weighted by atomic mass is 9.54. The number of fused-ring (bicyclic) bond motifs is 1. The highest BCUT2D eigenvalue weighted by Gasteiger charge is 2.69. The number of carbonyl (C=O) groups excluding carboxylic acids is 3. The number of esters is 2. The van der Waals surface area contributed by atoms with Gasteiger partial charge in [-0.3, -0.25) is 9.59 Å². The summed E-state index contributed by atoms with van der Waals surface area (Å²) < 4.78 is 48.5. The predicted octanol–water partition coefficient (Wildman–Crippen LogP) is 2.43. The Bertz CT molecular complexity index is 1190. The van der Waals surface area contributed by atoms with E-state index in [9.17, 15) is 33.0 Å². The Labute approximate surface area is 237 Å². The molecule has 230 valence electrons. The first-order valence-electron chi connectivity index (χ1n) is 12.8. The number of ether oxygens (including phenoxy) is 3. The summed E-state index contributed by atoms with van der Waals surface area (Å²) in [4.78, 5) is 35.5. The molecular formula is C28H39F3N2O8. The molecule has 0 radical (unpaired) electrons. The zero-order chi connectivity index (χ0) is 30.2. The summed E-state index contributed by atoms with van der Waals surface area (Å²) in [6, 6.07) is 2.67. The number of piperidine rings is 1. The van der Waals surface area contributed by atoms with Crippen molar-refractivity contribution in [1.82, 2.24) is 4.90 Å². The molecule has 1 saturated heterocycles. The smallest absolute Gasteiger partial charge is 0.446 e. The minimum absolute atomic E-state index is 0. The molecule has 13 heteroatoms. The van der Waals surface area contributed by atoms with Crippen LogP contribution < -0.4 is 10.5 Å². The summed E-state index contributed by atoms with van der Waals surface area (Å²) >= 11 is 0. The van der Waals surface area contributed by atoms with Gasteiger partial charge in [-0.15, -0.1) is 0 Å². The third-order valence-corrected chi connectivity index (χ3v) is 7.95. The van der Waals surface area contributed by atoms with Gasteiger partial charge in [0.15, 0.2) is 12.2 Å². The van der Waals surface area contributed by atoms with Crippen LogP contribution >= 0.6 is 0 Å². The monoisotopic (exact) mass is 588 g/mol. The number of carbonyl (C=O) groups is 3. The first-order valence-corrected chi connectivity index (χ1v) is 12.8. The molecule has 10 nitrogen and oxygen atoms in total. The second-order valence-electron chi connectivity index (χ2n) is 10.5. The molecule has 0 saturated carbocycles. The van der Waals surface area contributed by atoms with Gasteiger partial charge in [0.1, 0.15) is 17.6 Å². The summed E-state index contributed by atoms with van der Waals surface area (Å²) in [5.74, 6) is -0.650. The SMILES string of the molecule is C.Cc1ccc(CO)c2c1[C@]13CCN(C)[C@H](C)[C@]1(O)CC=C(OC(=O)[C@H](C)OC(=O)[C@H](C)N)[C@@H]3O2.O=CC(F)(F)F. The third kappa shape index (κ3) is 6.13. The topological polar surface area (TPSA) is 149 Å². The number of hydrogen-bond acceptors (Lipinski definition) is 10. The molecule has 1 aromatic carbocycles. The van der Waals surface area contributed by atoms with E-state index in [0.717, 1.165) is 11.1 Å². The van der Waals surface area contributed by atoms with E-state index < -0.39 is 53.7 Å². The molecule has 1 fully saturated rings. The maximum absolute atomic E-state index is 12.8. The van der Waals surface area contributed by atoms with Crippen LogP contribution in [0.2, 0.25) is 0 Å². The van der Waals surface area contributed by atoms with Crippen LogP contribution in [-0.2, 0) is 35.9 Å². The van der Waals surface area contributed by atoms with E-state index in [1.807, 2.05) is 33.0 Å². The van der Waals surface area contributed by atoms with Crippen LogP contribution in [0, 0.1) is 6.92 Å². The molecule has 2 heterocycles. The lowest BCUT2D eigenvalue weighted by Crippen LogP contribution is -2.71. The first-order chi connectivity index (χ1) is 18.5. The third-order valence-electron chi connectivity index (χ3n) is 7.95. The molecule has 4 rings (SSSR count). The number of nitrogens with two attached hydrogens (primary N) is 1. The number of aldehydes is 1. The molecule has 0 unspecified atom stereocenters. The minimum Gasteiger partial charge on any atom is -0.481 e. The van der Waals surface area contributed by atoms with Crippen LogP contribution in [0.3, 0.4) is 0 Å². The van der Waals surface area contributed by atoms with E-state index in [4.69, 9.17) is 24.7 Å². The van der Waals surface area contributed by atoms with Gasteiger partial charge in [-0.25, -0.2) is 4.79 Å². The number of nitrogens with zero attached hydrogens (tertiary/aromatic N) is 1. The fourth-order valence-corrected chi connectivity index (χ4v) is 5.73. The van der Waals surface area contributed by atoms with Crippen molar-refractivity contribution in [2.75, 3.05) is 13.6 Å². The average Bonchev–Trinajstić information content (AvgIpc) is 3.25.